The molecule has 122 valence electrons. The minimum absolute atomic E-state index is 0.00982. The Bertz CT molecular complexity index is 839. The first-order chi connectivity index (χ1) is 11.6. The number of tetrazole rings is 1. The van der Waals surface area contributed by atoms with E-state index in [0.717, 1.165) is 0 Å². The minimum Gasteiger partial charge on any atom is -0.476 e. The van der Waals surface area contributed by atoms with Crippen molar-refractivity contribution in [2.75, 3.05) is 0 Å². The van der Waals surface area contributed by atoms with E-state index < -0.39 is 17.9 Å². The molecule has 0 aliphatic carbocycles. The predicted octanol–water partition coefficient (Wildman–Crippen LogP) is 2.17. The van der Waals surface area contributed by atoms with Gasteiger partial charge in [-0.3, -0.25) is 0 Å². The molecule has 3 rings (SSSR count). The molecule has 24 heavy (non-hydrogen) atoms. The second-order valence-electron chi connectivity index (χ2n) is 4.86. The molecule has 8 heteroatoms. The molecule has 0 saturated heterocycles. The van der Waals surface area contributed by atoms with Crippen LogP contribution in [0.4, 0.5) is 4.39 Å². The fraction of sp³-hybridized carbons (Fsp3) is 0.125. The number of benzene rings is 2. The summed E-state index contributed by atoms with van der Waals surface area (Å²) in [5, 5.41) is 10.8. The van der Waals surface area contributed by atoms with Gasteiger partial charge in [-0.25, -0.2) is 13.9 Å². The monoisotopic (exact) mass is 328 g/mol. The van der Waals surface area contributed by atoms with Gasteiger partial charge in [-0.05, 0) is 41.6 Å². The van der Waals surface area contributed by atoms with Crippen molar-refractivity contribution in [3.63, 3.8) is 0 Å². The van der Waals surface area contributed by atoms with Gasteiger partial charge < -0.3 is 9.47 Å². The molecule has 1 aromatic heterocycles. The lowest BCUT2D eigenvalue weighted by Gasteiger charge is -2.14. The summed E-state index contributed by atoms with van der Waals surface area (Å²) < 4.78 is 25.5. The van der Waals surface area contributed by atoms with Crippen LogP contribution in [0.3, 0.4) is 0 Å². The molecule has 1 heterocycles. The van der Waals surface area contributed by atoms with Crippen LogP contribution in [0.15, 0.2) is 54.9 Å². The fourth-order valence-electron chi connectivity index (χ4n) is 1.95. The van der Waals surface area contributed by atoms with E-state index in [1.807, 2.05) is 0 Å². The molecule has 2 aromatic carbocycles. The summed E-state index contributed by atoms with van der Waals surface area (Å²) in [5.41, 5.74) is 0.632. The number of ether oxygens (including phenoxy) is 2. The maximum Gasteiger partial charge on any atom is 0.352 e. The van der Waals surface area contributed by atoms with Crippen LogP contribution in [-0.2, 0) is 4.79 Å². The van der Waals surface area contributed by atoms with Gasteiger partial charge in [0.25, 0.3) is 0 Å². The largest absolute Gasteiger partial charge is 0.476 e. The highest BCUT2D eigenvalue weighted by Crippen LogP contribution is 2.19. The number of carbonyl (C=O) groups is 1. The lowest BCUT2D eigenvalue weighted by molar-refractivity contribution is -0.141. The van der Waals surface area contributed by atoms with Gasteiger partial charge in [0, 0.05) is 6.07 Å². The standard InChI is InChI=1S/C16H13FN4O3/c1-11(23-15-8-3-2-7-14(15)17)16(22)24-13-6-4-5-12(9-13)21-10-18-19-20-21/h2-11H,1H3/t11-/m0/s1. The third-order valence-electron chi connectivity index (χ3n) is 3.12. The lowest BCUT2D eigenvalue weighted by atomic mass is 10.3. The number of hydrogen-bond donors (Lipinski definition) is 0. The third kappa shape index (κ3) is 3.54. The summed E-state index contributed by atoms with van der Waals surface area (Å²) in [5.74, 6) is -0.897. The zero-order valence-electron chi connectivity index (χ0n) is 12.7. The van der Waals surface area contributed by atoms with Gasteiger partial charge >= 0.3 is 5.97 Å². The molecule has 0 aliphatic heterocycles. The van der Waals surface area contributed by atoms with E-state index in [-0.39, 0.29) is 5.75 Å². The Balaban J connectivity index is 1.68. The molecule has 0 aliphatic rings. The van der Waals surface area contributed by atoms with Crippen LogP contribution in [0.25, 0.3) is 5.69 Å². The highest BCUT2D eigenvalue weighted by Gasteiger charge is 2.19. The van der Waals surface area contributed by atoms with Crippen molar-refractivity contribution >= 4 is 5.97 Å². The number of nitrogens with zero attached hydrogens (tertiary/aromatic N) is 4. The highest BCUT2D eigenvalue weighted by atomic mass is 19.1. The summed E-state index contributed by atoms with van der Waals surface area (Å²) in [6.45, 7) is 1.49. The summed E-state index contributed by atoms with van der Waals surface area (Å²) >= 11 is 0. The first-order valence-corrected chi connectivity index (χ1v) is 7.10. The van der Waals surface area contributed by atoms with E-state index >= 15 is 0 Å². The lowest BCUT2D eigenvalue weighted by Crippen LogP contribution is -2.28. The van der Waals surface area contributed by atoms with Crippen LogP contribution in [0.5, 0.6) is 11.5 Å². The van der Waals surface area contributed by atoms with E-state index in [1.54, 1.807) is 30.3 Å². The van der Waals surface area contributed by atoms with Gasteiger partial charge in [-0.2, -0.15) is 0 Å². The van der Waals surface area contributed by atoms with Crippen molar-refractivity contribution in [2.24, 2.45) is 0 Å². The SMILES string of the molecule is C[C@H](Oc1ccccc1F)C(=O)Oc1cccc(-n2cnnn2)c1. The predicted molar refractivity (Wildman–Crippen MR) is 81.3 cm³/mol. The first-order valence-electron chi connectivity index (χ1n) is 7.10. The van der Waals surface area contributed by atoms with E-state index in [4.69, 9.17) is 9.47 Å². The number of para-hydroxylation sites is 1. The van der Waals surface area contributed by atoms with E-state index in [2.05, 4.69) is 15.5 Å². The van der Waals surface area contributed by atoms with Crippen LogP contribution < -0.4 is 9.47 Å². The molecule has 0 radical (unpaired) electrons. The summed E-state index contributed by atoms with van der Waals surface area (Å²) in [6.07, 6.45) is 0.448. The number of esters is 1. The molecule has 1 atom stereocenters. The van der Waals surface area contributed by atoms with Gasteiger partial charge in [0.05, 0.1) is 5.69 Å². The second kappa shape index (κ2) is 6.86. The maximum atomic E-state index is 13.6. The van der Waals surface area contributed by atoms with Crippen LogP contribution in [0.1, 0.15) is 6.92 Å². The zero-order chi connectivity index (χ0) is 16.9. The number of carbonyl (C=O) groups excluding carboxylic acids is 1. The molecule has 0 unspecified atom stereocenters. The zero-order valence-corrected chi connectivity index (χ0v) is 12.7. The Labute approximate surface area is 136 Å². The van der Waals surface area contributed by atoms with E-state index in [1.165, 1.54) is 36.1 Å². The number of rotatable bonds is 5. The van der Waals surface area contributed by atoms with Gasteiger partial charge in [0.15, 0.2) is 17.7 Å². The first kappa shape index (κ1) is 15.6. The van der Waals surface area contributed by atoms with Crippen molar-refractivity contribution in [3.8, 4) is 17.2 Å². The van der Waals surface area contributed by atoms with Crippen LogP contribution in [0, 0.1) is 5.82 Å². The van der Waals surface area contributed by atoms with Crippen molar-refractivity contribution in [1.82, 2.24) is 20.2 Å². The number of halogens is 1. The summed E-state index contributed by atoms with van der Waals surface area (Å²) in [7, 11) is 0. The minimum atomic E-state index is -0.974. The second-order valence-corrected chi connectivity index (χ2v) is 4.86. The summed E-state index contributed by atoms with van der Waals surface area (Å²) in [4.78, 5) is 12.1. The van der Waals surface area contributed by atoms with Gasteiger partial charge in [-0.1, -0.05) is 18.2 Å². The van der Waals surface area contributed by atoms with E-state index in [9.17, 15) is 9.18 Å². The Morgan fingerprint density at radius 1 is 1.21 bits per heavy atom. The Hall–Kier alpha value is -3.29. The third-order valence-corrected chi connectivity index (χ3v) is 3.12. The molecular formula is C16H13FN4O3. The fourth-order valence-corrected chi connectivity index (χ4v) is 1.95. The normalized spacial score (nSPS) is 11.8. The van der Waals surface area contributed by atoms with Gasteiger partial charge in [0.2, 0.25) is 0 Å². The highest BCUT2D eigenvalue weighted by molar-refractivity contribution is 5.77. The number of hydrogen-bond acceptors (Lipinski definition) is 6. The molecule has 0 fully saturated rings. The molecule has 7 nitrogen and oxygen atoms in total. The molecule has 0 saturated carbocycles. The molecule has 3 aromatic rings. The van der Waals surface area contributed by atoms with Crippen LogP contribution >= 0.6 is 0 Å². The van der Waals surface area contributed by atoms with Crippen molar-refractivity contribution in [2.45, 2.75) is 13.0 Å². The van der Waals surface area contributed by atoms with Gasteiger partial charge in [0.1, 0.15) is 12.1 Å². The topological polar surface area (TPSA) is 79.1 Å². The van der Waals surface area contributed by atoms with Crippen molar-refractivity contribution in [1.29, 1.82) is 0 Å². The Morgan fingerprint density at radius 2 is 2.04 bits per heavy atom. The average Bonchev–Trinajstić information content (AvgIpc) is 3.12. The van der Waals surface area contributed by atoms with Gasteiger partial charge in [-0.15, -0.1) is 5.10 Å². The molecule has 0 N–H and O–H groups in total. The van der Waals surface area contributed by atoms with Crippen molar-refractivity contribution in [3.05, 3.63) is 60.7 Å². The number of aromatic nitrogens is 4. The van der Waals surface area contributed by atoms with Crippen LogP contribution in [-0.4, -0.2) is 32.3 Å². The van der Waals surface area contributed by atoms with Crippen molar-refractivity contribution < 1.29 is 18.7 Å². The molecule has 0 spiro atoms. The quantitative estimate of drug-likeness (QED) is 0.527. The Morgan fingerprint density at radius 3 is 2.79 bits per heavy atom. The smallest absolute Gasteiger partial charge is 0.352 e. The molecular weight excluding hydrogens is 315 g/mol. The molecule has 0 bridgehead atoms. The summed E-state index contributed by atoms with van der Waals surface area (Å²) in [6, 6.07) is 12.5. The maximum absolute atomic E-state index is 13.6. The average molecular weight is 328 g/mol. The van der Waals surface area contributed by atoms with E-state index in [0.29, 0.717) is 11.4 Å². The van der Waals surface area contributed by atoms with Crippen LogP contribution in [0.2, 0.25) is 0 Å². The molecule has 0 amide bonds. The Kier molecular flexibility index (Phi) is 4.46.